The summed E-state index contributed by atoms with van der Waals surface area (Å²) in [5, 5.41) is 27.6. The van der Waals surface area contributed by atoms with Crippen molar-refractivity contribution in [2.24, 2.45) is 0 Å². The first kappa shape index (κ1) is 31.2. The Bertz CT molecular complexity index is 1590. The number of nitrogens with zero attached hydrogens (tertiary/aromatic N) is 3. The number of alkyl halides is 2. The maximum Gasteiger partial charge on any atom is 0.275 e. The molecule has 0 saturated heterocycles. The third-order valence-corrected chi connectivity index (χ3v) is 7.29. The zero-order chi connectivity index (χ0) is 30.9. The SMILES string of the molecule is Nc1ncnn2c([C@](O)(C(F)F)[C@@H](OCc3ccccc3)[C@@H](OCc3ccccc3)[C@H](O)COCc3ccccc3)ccc12. The molecular weight excluding hydrogens is 570 g/mol. The highest BCUT2D eigenvalue weighted by molar-refractivity contribution is 5.65. The Hall–Kier alpha value is -4.26. The number of aliphatic hydroxyl groups is 2. The first-order chi connectivity index (χ1) is 21.4. The van der Waals surface area contributed by atoms with Crippen molar-refractivity contribution in [2.75, 3.05) is 12.3 Å². The molecule has 2 aromatic heterocycles. The Balaban J connectivity index is 1.53. The van der Waals surface area contributed by atoms with E-state index in [0.717, 1.165) is 22.0 Å². The summed E-state index contributed by atoms with van der Waals surface area (Å²) >= 11 is 0. The molecule has 0 unspecified atom stereocenters. The molecular formula is C33H34F2N4O5. The minimum Gasteiger partial charge on any atom is -0.388 e. The van der Waals surface area contributed by atoms with E-state index in [0.29, 0.717) is 5.56 Å². The molecule has 5 rings (SSSR count). The van der Waals surface area contributed by atoms with E-state index >= 15 is 8.78 Å². The number of fused-ring (bicyclic) bond motifs is 1. The van der Waals surface area contributed by atoms with Gasteiger partial charge < -0.3 is 30.2 Å². The molecule has 0 saturated carbocycles. The van der Waals surface area contributed by atoms with Gasteiger partial charge in [0.25, 0.3) is 6.43 Å². The van der Waals surface area contributed by atoms with Crippen molar-refractivity contribution in [1.82, 2.24) is 14.6 Å². The van der Waals surface area contributed by atoms with E-state index in [1.165, 1.54) is 12.1 Å². The van der Waals surface area contributed by atoms with Crippen LogP contribution in [-0.2, 0) is 39.6 Å². The van der Waals surface area contributed by atoms with E-state index in [9.17, 15) is 10.2 Å². The summed E-state index contributed by atoms with van der Waals surface area (Å²) in [4.78, 5) is 3.92. The van der Waals surface area contributed by atoms with Gasteiger partial charge in [-0.1, -0.05) is 91.0 Å². The minimum absolute atomic E-state index is 0.0378. The highest BCUT2D eigenvalue weighted by atomic mass is 19.3. The molecule has 9 nitrogen and oxygen atoms in total. The van der Waals surface area contributed by atoms with Crippen molar-refractivity contribution in [1.29, 1.82) is 0 Å². The van der Waals surface area contributed by atoms with Crippen molar-refractivity contribution in [3.05, 3.63) is 132 Å². The van der Waals surface area contributed by atoms with Crippen LogP contribution in [0, 0.1) is 0 Å². The summed E-state index contributed by atoms with van der Waals surface area (Å²) < 4.78 is 49.8. The maximum absolute atomic E-state index is 15.3. The predicted molar refractivity (Wildman–Crippen MR) is 159 cm³/mol. The van der Waals surface area contributed by atoms with Crippen molar-refractivity contribution in [3.63, 3.8) is 0 Å². The zero-order valence-corrected chi connectivity index (χ0v) is 23.8. The summed E-state index contributed by atoms with van der Waals surface area (Å²) in [5.74, 6) is 0.0378. The topological polar surface area (TPSA) is 124 Å². The van der Waals surface area contributed by atoms with E-state index in [1.807, 2.05) is 54.6 Å². The van der Waals surface area contributed by atoms with Gasteiger partial charge >= 0.3 is 0 Å². The fraction of sp³-hybridized carbons (Fsp3) is 0.273. The molecule has 0 aliphatic carbocycles. The summed E-state index contributed by atoms with van der Waals surface area (Å²) in [7, 11) is 0. The van der Waals surface area contributed by atoms with Gasteiger partial charge in [0.2, 0.25) is 0 Å². The quantitative estimate of drug-likeness (QED) is 0.160. The molecule has 0 fully saturated rings. The number of hydrogen-bond acceptors (Lipinski definition) is 8. The van der Waals surface area contributed by atoms with E-state index in [1.54, 1.807) is 36.4 Å². The molecule has 0 radical (unpaired) electrons. The van der Waals surface area contributed by atoms with Gasteiger partial charge in [0.1, 0.15) is 30.2 Å². The molecule has 4 N–H and O–H groups in total. The van der Waals surface area contributed by atoms with Gasteiger partial charge in [-0.05, 0) is 28.8 Å². The molecule has 0 aliphatic rings. The van der Waals surface area contributed by atoms with Gasteiger partial charge in [0.15, 0.2) is 11.4 Å². The lowest BCUT2D eigenvalue weighted by atomic mass is 9.87. The second-order valence-corrected chi connectivity index (χ2v) is 10.3. The lowest BCUT2D eigenvalue weighted by Gasteiger charge is -2.41. The fourth-order valence-electron chi connectivity index (χ4n) is 5.00. The molecule has 11 heteroatoms. The number of anilines is 1. The molecule has 44 heavy (non-hydrogen) atoms. The van der Waals surface area contributed by atoms with Crippen molar-refractivity contribution < 1.29 is 33.2 Å². The molecule has 0 amide bonds. The van der Waals surface area contributed by atoms with Crippen LogP contribution in [0.4, 0.5) is 14.6 Å². The van der Waals surface area contributed by atoms with Crippen molar-refractivity contribution >= 4 is 11.3 Å². The van der Waals surface area contributed by atoms with Gasteiger partial charge in [-0.2, -0.15) is 5.10 Å². The van der Waals surface area contributed by atoms with Crippen LogP contribution in [0.25, 0.3) is 5.52 Å². The van der Waals surface area contributed by atoms with E-state index < -0.39 is 30.3 Å². The Labute approximate surface area is 253 Å². The minimum atomic E-state index is -3.40. The van der Waals surface area contributed by atoms with E-state index in [4.69, 9.17) is 19.9 Å². The highest BCUT2D eigenvalue weighted by Gasteiger charge is 2.55. The summed E-state index contributed by atoms with van der Waals surface area (Å²) in [6, 6.07) is 30.0. The number of aliphatic hydroxyl groups excluding tert-OH is 1. The van der Waals surface area contributed by atoms with Gasteiger partial charge in [-0.3, -0.25) is 0 Å². The van der Waals surface area contributed by atoms with Crippen LogP contribution >= 0.6 is 0 Å². The molecule has 0 bridgehead atoms. The number of nitrogens with two attached hydrogens (primary N) is 1. The first-order valence-corrected chi connectivity index (χ1v) is 14.1. The van der Waals surface area contributed by atoms with Crippen LogP contribution in [0.1, 0.15) is 22.4 Å². The second-order valence-electron chi connectivity index (χ2n) is 10.3. The average molecular weight is 605 g/mol. The van der Waals surface area contributed by atoms with Crippen LogP contribution in [0.2, 0.25) is 0 Å². The lowest BCUT2D eigenvalue weighted by Crippen LogP contribution is -2.58. The number of aromatic nitrogens is 3. The van der Waals surface area contributed by atoms with Crippen molar-refractivity contribution in [3.8, 4) is 0 Å². The summed E-state index contributed by atoms with van der Waals surface area (Å²) in [6.45, 7) is -0.347. The van der Waals surface area contributed by atoms with Gasteiger partial charge in [0, 0.05) is 0 Å². The normalized spacial score (nSPS) is 15.2. The molecule has 2 heterocycles. The highest BCUT2D eigenvalue weighted by Crippen LogP contribution is 2.39. The number of benzene rings is 3. The number of halogens is 2. The average Bonchev–Trinajstić information content (AvgIpc) is 3.50. The smallest absolute Gasteiger partial charge is 0.275 e. The van der Waals surface area contributed by atoms with E-state index in [-0.39, 0.29) is 43.5 Å². The van der Waals surface area contributed by atoms with Crippen LogP contribution in [-0.4, -0.2) is 56.2 Å². The van der Waals surface area contributed by atoms with Gasteiger partial charge in [-0.15, -0.1) is 0 Å². The van der Waals surface area contributed by atoms with Crippen LogP contribution < -0.4 is 5.73 Å². The third-order valence-electron chi connectivity index (χ3n) is 7.29. The Morgan fingerprint density at radius 3 is 1.89 bits per heavy atom. The second kappa shape index (κ2) is 14.5. The molecule has 0 aliphatic heterocycles. The van der Waals surface area contributed by atoms with Crippen LogP contribution in [0.15, 0.2) is 109 Å². The van der Waals surface area contributed by atoms with E-state index in [2.05, 4.69) is 10.1 Å². The number of rotatable bonds is 15. The molecule has 230 valence electrons. The Morgan fingerprint density at radius 2 is 1.32 bits per heavy atom. The first-order valence-electron chi connectivity index (χ1n) is 14.1. The largest absolute Gasteiger partial charge is 0.388 e. The zero-order valence-electron chi connectivity index (χ0n) is 23.8. The standard InChI is InChI=1S/C33H34F2N4O5/c34-32(35)33(41,28-17-16-26-31(36)37-22-38-39(26)28)30(44-20-25-14-8-3-9-15-25)29(43-19-24-12-6-2-7-13-24)27(40)21-42-18-23-10-4-1-5-11-23/h1-17,22,27,29-30,32,40-41H,18-21H2,(H2,36,37,38)/t27-,29+,30+,33-/m1/s1. The maximum atomic E-state index is 15.3. The Morgan fingerprint density at radius 1 is 0.773 bits per heavy atom. The van der Waals surface area contributed by atoms with Gasteiger partial charge in [0.05, 0.1) is 32.1 Å². The Kier molecular flexibility index (Phi) is 10.3. The van der Waals surface area contributed by atoms with Crippen LogP contribution in [0.3, 0.4) is 0 Å². The van der Waals surface area contributed by atoms with Crippen molar-refractivity contribution in [2.45, 2.75) is 50.2 Å². The van der Waals surface area contributed by atoms with Gasteiger partial charge in [-0.25, -0.2) is 18.3 Å². The molecule has 3 aromatic carbocycles. The molecule has 0 spiro atoms. The predicted octanol–water partition coefficient (Wildman–Crippen LogP) is 4.51. The van der Waals surface area contributed by atoms with Crippen LogP contribution in [0.5, 0.6) is 0 Å². The molecule has 4 atom stereocenters. The third kappa shape index (κ3) is 7.09. The number of ether oxygens (including phenoxy) is 3. The summed E-state index contributed by atoms with van der Waals surface area (Å²) in [5.41, 5.74) is 5.11. The number of nitrogen functional groups attached to an aromatic ring is 1. The number of hydrogen-bond donors (Lipinski definition) is 3. The monoisotopic (exact) mass is 604 g/mol. The fourth-order valence-corrected chi connectivity index (χ4v) is 5.00. The summed E-state index contributed by atoms with van der Waals surface area (Å²) in [6.07, 6.45) is -7.08. The lowest BCUT2D eigenvalue weighted by molar-refractivity contribution is -0.247. The molecule has 5 aromatic rings.